The van der Waals surface area contributed by atoms with Crippen LogP contribution in [0, 0.1) is 0 Å². The van der Waals surface area contributed by atoms with E-state index in [1.165, 1.54) is 0 Å². The number of rotatable bonds is 6. The molecule has 0 aliphatic carbocycles. The van der Waals surface area contributed by atoms with Crippen molar-refractivity contribution >= 4 is 28.9 Å². The maximum Gasteiger partial charge on any atom is 0.222 e. The number of benzene rings is 1. The maximum absolute atomic E-state index is 11.5. The quantitative estimate of drug-likeness (QED) is 0.787. The molecule has 114 valence electrons. The smallest absolute Gasteiger partial charge is 0.222 e. The molecule has 1 heterocycles. The van der Waals surface area contributed by atoms with Crippen molar-refractivity contribution < 1.29 is 9.53 Å². The number of carbonyl (C=O) groups excluding carboxylic acids is 1. The lowest BCUT2D eigenvalue weighted by Gasteiger charge is -2.17. The van der Waals surface area contributed by atoms with Gasteiger partial charge in [-0.15, -0.1) is 0 Å². The molecule has 2 N–H and O–H groups in total. The Kier molecular flexibility index (Phi) is 5.80. The minimum absolute atomic E-state index is 0.234. The van der Waals surface area contributed by atoms with Crippen molar-refractivity contribution in [2.45, 2.75) is 19.8 Å². The highest BCUT2D eigenvalue weighted by molar-refractivity contribution is 7.80. The first-order valence-corrected chi connectivity index (χ1v) is 7.66. The Morgan fingerprint density at radius 2 is 2.24 bits per heavy atom. The van der Waals surface area contributed by atoms with Gasteiger partial charge >= 0.3 is 0 Å². The van der Waals surface area contributed by atoms with E-state index in [-0.39, 0.29) is 5.91 Å². The van der Waals surface area contributed by atoms with Crippen LogP contribution in [0.3, 0.4) is 0 Å². The summed E-state index contributed by atoms with van der Waals surface area (Å²) >= 11 is 5.27. The van der Waals surface area contributed by atoms with E-state index >= 15 is 0 Å². The van der Waals surface area contributed by atoms with Crippen LogP contribution in [0.4, 0.5) is 5.69 Å². The highest BCUT2D eigenvalue weighted by Gasteiger charge is 2.19. The average molecular weight is 307 g/mol. The Labute approximate surface area is 130 Å². The zero-order chi connectivity index (χ0) is 15.1. The molecule has 1 fully saturated rings. The average Bonchev–Trinajstić information content (AvgIpc) is 2.87. The van der Waals surface area contributed by atoms with E-state index in [2.05, 4.69) is 10.6 Å². The molecule has 1 saturated heterocycles. The summed E-state index contributed by atoms with van der Waals surface area (Å²) < 4.78 is 5.53. The molecule has 5 nitrogen and oxygen atoms in total. The predicted octanol–water partition coefficient (Wildman–Crippen LogP) is 1.99. The molecule has 0 bridgehead atoms. The third-order valence-corrected chi connectivity index (χ3v) is 3.52. The summed E-state index contributed by atoms with van der Waals surface area (Å²) in [4.78, 5) is 13.4. The van der Waals surface area contributed by atoms with Crippen molar-refractivity contribution in [1.29, 1.82) is 0 Å². The highest BCUT2D eigenvalue weighted by atomic mass is 32.1. The van der Waals surface area contributed by atoms with Gasteiger partial charge in [-0.1, -0.05) is 12.1 Å². The molecule has 21 heavy (non-hydrogen) atoms. The molecule has 1 aliphatic heterocycles. The number of para-hydroxylation sites is 2. The van der Waals surface area contributed by atoms with Crippen LogP contribution in [-0.2, 0) is 4.79 Å². The molecule has 2 rings (SSSR count). The van der Waals surface area contributed by atoms with Crippen LogP contribution in [0.15, 0.2) is 24.3 Å². The topological polar surface area (TPSA) is 53.6 Å². The summed E-state index contributed by atoms with van der Waals surface area (Å²) in [6.45, 7) is 4.74. The minimum Gasteiger partial charge on any atom is -0.492 e. The second-order valence-electron chi connectivity index (χ2n) is 4.79. The normalized spacial score (nSPS) is 14.1. The van der Waals surface area contributed by atoms with Gasteiger partial charge in [0.1, 0.15) is 5.75 Å². The van der Waals surface area contributed by atoms with E-state index in [0.29, 0.717) is 31.2 Å². The van der Waals surface area contributed by atoms with E-state index in [1.54, 1.807) is 0 Å². The van der Waals surface area contributed by atoms with E-state index in [0.717, 1.165) is 24.4 Å². The summed E-state index contributed by atoms with van der Waals surface area (Å²) in [5.74, 6) is 1.01. The Morgan fingerprint density at radius 1 is 1.43 bits per heavy atom. The van der Waals surface area contributed by atoms with Crippen LogP contribution in [0.5, 0.6) is 5.75 Å². The number of ether oxygens (including phenoxy) is 1. The Hall–Kier alpha value is -1.82. The van der Waals surface area contributed by atoms with Crippen LogP contribution in [-0.4, -0.2) is 42.2 Å². The number of likely N-dealkylation sites (tertiary alicyclic amines) is 1. The van der Waals surface area contributed by atoms with Crippen molar-refractivity contribution in [1.82, 2.24) is 10.2 Å². The molecular formula is C15H21N3O2S. The predicted molar refractivity (Wildman–Crippen MR) is 87.6 cm³/mol. The van der Waals surface area contributed by atoms with Gasteiger partial charge in [-0.25, -0.2) is 0 Å². The summed E-state index contributed by atoms with van der Waals surface area (Å²) in [6.07, 6.45) is 1.63. The number of amides is 1. The minimum atomic E-state index is 0.234. The van der Waals surface area contributed by atoms with E-state index in [4.69, 9.17) is 17.0 Å². The number of carbonyl (C=O) groups is 1. The second kappa shape index (κ2) is 7.83. The fraction of sp³-hybridized carbons (Fsp3) is 0.467. The number of thiocarbonyl (C=S) groups is 1. The molecule has 0 unspecified atom stereocenters. The van der Waals surface area contributed by atoms with Crippen molar-refractivity contribution in [3.05, 3.63) is 24.3 Å². The van der Waals surface area contributed by atoms with Crippen molar-refractivity contribution in [3.63, 3.8) is 0 Å². The molecule has 6 heteroatoms. The van der Waals surface area contributed by atoms with Crippen LogP contribution in [0.2, 0.25) is 0 Å². The van der Waals surface area contributed by atoms with Gasteiger partial charge in [0.15, 0.2) is 5.11 Å². The molecule has 1 aromatic carbocycles. The molecule has 1 aliphatic rings. The van der Waals surface area contributed by atoms with Crippen molar-refractivity contribution in [2.24, 2.45) is 0 Å². The SMILES string of the molecule is CCOc1ccccc1NC(=S)NCCN1CCCC1=O. The fourth-order valence-electron chi connectivity index (χ4n) is 2.26. The standard InChI is InChI=1S/C15H21N3O2S/c1-2-20-13-7-4-3-6-12(13)17-15(21)16-9-11-18-10-5-8-14(18)19/h3-4,6-7H,2,5,8-11H2,1H3,(H2,16,17,21). The van der Waals surface area contributed by atoms with Gasteiger partial charge < -0.3 is 20.3 Å². The number of nitrogens with one attached hydrogen (secondary N) is 2. The first-order chi connectivity index (χ1) is 10.2. The third-order valence-electron chi connectivity index (χ3n) is 3.27. The first-order valence-electron chi connectivity index (χ1n) is 7.25. The lowest BCUT2D eigenvalue weighted by atomic mass is 10.3. The number of nitrogens with zero attached hydrogens (tertiary/aromatic N) is 1. The van der Waals surface area contributed by atoms with Gasteiger partial charge in [-0.2, -0.15) is 0 Å². The Bertz CT molecular complexity index is 507. The summed E-state index contributed by atoms with van der Waals surface area (Å²) in [6, 6.07) is 7.67. The molecule has 1 amide bonds. The lowest BCUT2D eigenvalue weighted by molar-refractivity contribution is -0.127. The first kappa shape index (κ1) is 15.6. The number of hydrogen-bond donors (Lipinski definition) is 2. The molecule has 0 atom stereocenters. The number of hydrogen-bond acceptors (Lipinski definition) is 3. The largest absolute Gasteiger partial charge is 0.492 e. The van der Waals surface area contributed by atoms with Crippen molar-refractivity contribution in [2.75, 3.05) is 31.6 Å². The van der Waals surface area contributed by atoms with Crippen LogP contribution < -0.4 is 15.4 Å². The van der Waals surface area contributed by atoms with Crippen LogP contribution in [0.25, 0.3) is 0 Å². The molecule has 0 saturated carbocycles. The zero-order valence-corrected chi connectivity index (χ0v) is 13.0. The van der Waals surface area contributed by atoms with E-state index in [1.807, 2.05) is 36.1 Å². The summed E-state index contributed by atoms with van der Waals surface area (Å²) in [7, 11) is 0. The Morgan fingerprint density at radius 3 is 2.95 bits per heavy atom. The van der Waals surface area contributed by atoms with Crippen molar-refractivity contribution in [3.8, 4) is 5.75 Å². The summed E-state index contributed by atoms with van der Waals surface area (Å²) in [5.41, 5.74) is 0.842. The van der Waals surface area contributed by atoms with Gasteiger partial charge in [0, 0.05) is 26.1 Å². The molecule has 0 spiro atoms. The molecule has 0 radical (unpaired) electrons. The second-order valence-corrected chi connectivity index (χ2v) is 5.20. The fourth-order valence-corrected chi connectivity index (χ4v) is 2.47. The van der Waals surface area contributed by atoms with Crippen LogP contribution >= 0.6 is 12.2 Å². The third kappa shape index (κ3) is 4.60. The number of anilines is 1. The van der Waals surface area contributed by atoms with Gasteiger partial charge in [0.25, 0.3) is 0 Å². The van der Waals surface area contributed by atoms with E-state index in [9.17, 15) is 4.79 Å². The monoisotopic (exact) mass is 307 g/mol. The highest BCUT2D eigenvalue weighted by Crippen LogP contribution is 2.23. The zero-order valence-electron chi connectivity index (χ0n) is 12.2. The van der Waals surface area contributed by atoms with E-state index < -0.39 is 0 Å². The van der Waals surface area contributed by atoms with Gasteiger partial charge in [-0.05, 0) is 37.7 Å². The van der Waals surface area contributed by atoms with Gasteiger partial charge in [0.05, 0.1) is 12.3 Å². The Balaban J connectivity index is 1.78. The van der Waals surface area contributed by atoms with Gasteiger partial charge in [0.2, 0.25) is 5.91 Å². The summed E-state index contributed by atoms with van der Waals surface area (Å²) in [5, 5.41) is 6.78. The van der Waals surface area contributed by atoms with Gasteiger partial charge in [-0.3, -0.25) is 4.79 Å². The molecule has 0 aromatic heterocycles. The van der Waals surface area contributed by atoms with Crippen LogP contribution in [0.1, 0.15) is 19.8 Å². The molecule has 1 aromatic rings. The molecular weight excluding hydrogens is 286 g/mol. The lowest BCUT2D eigenvalue weighted by Crippen LogP contribution is -2.37. The maximum atomic E-state index is 11.5.